The number of aliphatic hydroxyl groups is 2. The second-order valence-corrected chi connectivity index (χ2v) is 10.9. The molecule has 0 amide bonds. The first-order chi connectivity index (χ1) is 19.1. The minimum Gasteiger partial charge on any atom is -0.481 e. The van der Waals surface area contributed by atoms with Gasteiger partial charge < -0.3 is 29.9 Å². The van der Waals surface area contributed by atoms with E-state index in [2.05, 4.69) is 11.7 Å². The predicted octanol–water partition coefficient (Wildman–Crippen LogP) is 5.55. The molecule has 0 aromatic carbocycles. The van der Waals surface area contributed by atoms with Crippen LogP contribution in [-0.4, -0.2) is 69.2 Å². The van der Waals surface area contributed by atoms with Gasteiger partial charge in [0.05, 0.1) is 12.8 Å². The molecule has 0 radical (unpaired) electrons. The lowest BCUT2D eigenvalue weighted by molar-refractivity contribution is -0.173. The van der Waals surface area contributed by atoms with Crippen molar-refractivity contribution in [3.8, 4) is 0 Å². The summed E-state index contributed by atoms with van der Waals surface area (Å²) in [5, 5.41) is 37.2. The second kappa shape index (κ2) is 24.6. The third-order valence-electron chi connectivity index (χ3n) is 6.89. The third kappa shape index (κ3) is 22.6. The summed E-state index contributed by atoms with van der Waals surface area (Å²) < 4.78 is 9.63. The van der Waals surface area contributed by atoms with Gasteiger partial charge in [-0.15, -0.1) is 0 Å². The van der Waals surface area contributed by atoms with E-state index in [-0.39, 0.29) is 6.42 Å². The summed E-state index contributed by atoms with van der Waals surface area (Å²) in [5.41, 5.74) is -2.81. The Balaban J connectivity index is 3.61. The number of carboxylic acid groups (broad SMARTS) is 2. The Morgan fingerprint density at radius 2 is 0.975 bits per heavy atom. The number of aliphatic hydroxyl groups excluding tert-OH is 1. The first kappa shape index (κ1) is 37.8. The van der Waals surface area contributed by atoms with Crippen LogP contribution in [0.25, 0.3) is 0 Å². The lowest BCUT2D eigenvalue weighted by Gasteiger charge is -2.20. The lowest BCUT2D eigenvalue weighted by atomic mass is 9.96. The highest BCUT2D eigenvalue weighted by Crippen LogP contribution is 2.17. The van der Waals surface area contributed by atoms with E-state index in [1.54, 1.807) is 0 Å². The maximum absolute atomic E-state index is 11.8. The highest BCUT2D eigenvalue weighted by Gasteiger charge is 2.41. The van der Waals surface area contributed by atoms with Crippen molar-refractivity contribution in [1.29, 1.82) is 0 Å². The van der Waals surface area contributed by atoms with Crippen LogP contribution in [0.2, 0.25) is 0 Å². The van der Waals surface area contributed by atoms with Crippen molar-refractivity contribution in [3.63, 3.8) is 0 Å². The van der Waals surface area contributed by atoms with E-state index in [0.29, 0.717) is 6.42 Å². The number of carbonyl (C=O) groups is 4. The SMILES string of the molecule is CCCCCCCCCCCCCCCCCCCCC(=O)OCC(O)COC(=O)CC(O)(CC(=O)O)C(=O)O. The molecular weight excluding hydrogens is 520 g/mol. The maximum atomic E-state index is 11.8. The zero-order valence-corrected chi connectivity index (χ0v) is 24.6. The maximum Gasteiger partial charge on any atom is 0.336 e. The van der Waals surface area contributed by atoms with Gasteiger partial charge >= 0.3 is 23.9 Å². The molecule has 4 N–H and O–H groups in total. The number of carbonyl (C=O) groups excluding carboxylic acids is 2. The molecule has 0 heterocycles. The Morgan fingerprint density at radius 1 is 0.600 bits per heavy atom. The van der Waals surface area contributed by atoms with Gasteiger partial charge in [-0.2, -0.15) is 0 Å². The fraction of sp³-hybridized carbons (Fsp3) is 0.867. The molecule has 0 saturated carbocycles. The van der Waals surface area contributed by atoms with Gasteiger partial charge in [-0.05, 0) is 6.42 Å². The minimum absolute atomic E-state index is 0.228. The summed E-state index contributed by atoms with van der Waals surface area (Å²) in [5.74, 6) is -5.14. The molecule has 234 valence electrons. The van der Waals surface area contributed by atoms with Crippen LogP contribution in [-0.2, 0) is 28.7 Å². The summed E-state index contributed by atoms with van der Waals surface area (Å²) in [6.07, 6.45) is 19.3. The van der Waals surface area contributed by atoms with Gasteiger partial charge in [0.2, 0.25) is 0 Å². The number of rotatable bonds is 28. The smallest absolute Gasteiger partial charge is 0.336 e. The van der Waals surface area contributed by atoms with Crippen LogP contribution in [0.5, 0.6) is 0 Å². The molecule has 2 atom stereocenters. The zero-order chi connectivity index (χ0) is 30.1. The number of hydrogen-bond donors (Lipinski definition) is 4. The highest BCUT2D eigenvalue weighted by molar-refractivity contribution is 5.88. The first-order valence-corrected chi connectivity index (χ1v) is 15.3. The Morgan fingerprint density at radius 3 is 1.35 bits per heavy atom. The number of carboxylic acids is 2. The van der Waals surface area contributed by atoms with Gasteiger partial charge in [-0.3, -0.25) is 14.4 Å². The van der Waals surface area contributed by atoms with E-state index in [0.717, 1.165) is 19.3 Å². The molecule has 0 aliphatic rings. The fourth-order valence-electron chi connectivity index (χ4n) is 4.42. The highest BCUT2D eigenvalue weighted by atomic mass is 16.6. The molecule has 40 heavy (non-hydrogen) atoms. The number of esters is 2. The van der Waals surface area contributed by atoms with E-state index >= 15 is 0 Å². The Bertz CT molecular complexity index is 696. The van der Waals surface area contributed by atoms with Crippen molar-refractivity contribution in [2.45, 2.75) is 153 Å². The van der Waals surface area contributed by atoms with Gasteiger partial charge in [0.25, 0.3) is 0 Å². The third-order valence-corrected chi connectivity index (χ3v) is 6.89. The van der Waals surface area contributed by atoms with E-state index in [4.69, 9.17) is 14.9 Å². The molecule has 0 saturated heterocycles. The summed E-state index contributed by atoms with van der Waals surface area (Å²) in [7, 11) is 0. The molecular formula is C30H54O10. The molecule has 0 aliphatic carbocycles. The van der Waals surface area contributed by atoms with E-state index in [1.165, 1.54) is 89.9 Å². The Hall–Kier alpha value is -2.20. The topological polar surface area (TPSA) is 168 Å². The average Bonchev–Trinajstić information content (AvgIpc) is 2.89. The molecule has 0 spiro atoms. The van der Waals surface area contributed by atoms with E-state index < -0.39 is 61.6 Å². The Labute approximate surface area is 239 Å². The molecule has 0 bridgehead atoms. The van der Waals surface area contributed by atoms with Gasteiger partial charge in [-0.1, -0.05) is 116 Å². The van der Waals surface area contributed by atoms with Crippen LogP contribution in [0.3, 0.4) is 0 Å². The molecule has 0 aromatic rings. The number of aliphatic carboxylic acids is 2. The van der Waals surface area contributed by atoms with Crippen molar-refractivity contribution in [1.82, 2.24) is 0 Å². The monoisotopic (exact) mass is 574 g/mol. The molecule has 0 aliphatic heterocycles. The van der Waals surface area contributed by atoms with Crippen molar-refractivity contribution >= 4 is 23.9 Å². The second-order valence-electron chi connectivity index (χ2n) is 10.9. The standard InChI is InChI=1S/C30H54O10/c1-2-3-4-5-6-7-8-9-10-11-12-13-14-15-16-17-18-19-20-27(34)39-23-25(31)24-40-28(35)22-30(38,29(36)37)21-26(32)33/h25,31,38H,2-24H2,1H3,(H,32,33)(H,36,37). The van der Waals surface area contributed by atoms with E-state index in [1.807, 2.05) is 0 Å². The molecule has 0 rings (SSSR count). The van der Waals surface area contributed by atoms with Crippen molar-refractivity contribution in [3.05, 3.63) is 0 Å². The molecule has 0 aromatic heterocycles. The Kier molecular flexibility index (Phi) is 23.2. The van der Waals surface area contributed by atoms with Crippen LogP contribution in [0.1, 0.15) is 142 Å². The summed E-state index contributed by atoms with van der Waals surface area (Å²) in [6.45, 7) is 1.27. The first-order valence-electron chi connectivity index (χ1n) is 15.3. The van der Waals surface area contributed by atoms with Gasteiger partial charge in [0.15, 0.2) is 5.60 Å². The minimum atomic E-state index is -2.81. The summed E-state index contributed by atoms with van der Waals surface area (Å²) >= 11 is 0. The van der Waals surface area contributed by atoms with Crippen LogP contribution < -0.4 is 0 Å². The van der Waals surface area contributed by atoms with Crippen LogP contribution in [0.4, 0.5) is 0 Å². The largest absolute Gasteiger partial charge is 0.481 e. The van der Waals surface area contributed by atoms with Crippen molar-refractivity contribution in [2.24, 2.45) is 0 Å². The quantitative estimate of drug-likeness (QED) is 0.0687. The number of ether oxygens (including phenoxy) is 2. The number of unbranched alkanes of at least 4 members (excludes halogenated alkanes) is 17. The van der Waals surface area contributed by atoms with Crippen molar-refractivity contribution in [2.75, 3.05) is 13.2 Å². The average molecular weight is 575 g/mol. The van der Waals surface area contributed by atoms with Crippen molar-refractivity contribution < 1.29 is 49.1 Å². The lowest BCUT2D eigenvalue weighted by Crippen LogP contribution is -2.43. The summed E-state index contributed by atoms with van der Waals surface area (Å²) in [6, 6.07) is 0. The molecule has 10 heteroatoms. The fourth-order valence-corrected chi connectivity index (χ4v) is 4.42. The van der Waals surface area contributed by atoms with Crippen LogP contribution in [0, 0.1) is 0 Å². The van der Waals surface area contributed by atoms with Crippen LogP contribution in [0.15, 0.2) is 0 Å². The number of hydrogen-bond acceptors (Lipinski definition) is 8. The van der Waals surface area contributed by atoms with Gasteiger partial charge in [0, 0.05) is 6.42 Å². The van der Waals surface area contributed by atoms with Gasteiger partial charge in [0.1, 0.15) is 19.3 Å². The molecule has 0 fully saturated rings. The molecule has 10 nitrogen and oxygen atoms in total. The van der Waals surface area contributed by atoms with E-state index in [9.17, 15) is 29.4 Å². The van der Waals surface area contributed by atoms with Gasteiger partial charge in [-0.25, -0.2) is 4.79 Å². The normalized spacial score (nSPS) is 13.4. The molecule has 2 unspecified atom stereocenters. The predicted molar refractivity (Wildman–Crippen MR) is 151 cm³/mol. The zero-order valence-electron chi connectivity index (χ0n) is 24.6. The van der Waals surface area contributed by atoms with Crippen LogP contribution >= 0.6 is 0 Å². The summed E-state index contributed by atoms with van der Waals surface area (Å²) in [4.78, 5) is 45.3.